The van der Waals surface area contributed by atoms with E-state index in [0.717, 1.165) is 29.5 Å². The van der Waals surface area contributed by atoms with Crippen LogP contribution in [0.2, 0.25) is 0 Å². The third kappa shape index (κ3) is 7.18. The number of carbonyl (C=O) groups is 2. The molecular formula is C29H40N2O2. The van der Waals surface area contributed by atoms with Crippen LogP contribution in [0.15, 0.2) is 48.5 Å². The lowest BCUT2D eigenvalue weighted by Gasteiger charge is -2.31. The molecule has 0 radical (unpaired) electrons. The van der Waals surface area contributed by atoms with Crippen molar-refractivity contribution in [2.24, 2.45) is 0 Å². The standard InChI is InChI=1S/C29H40N2O2/c1-21(2)25-17-14-24(15-18-25)16-19-28(32)31(20-26-11-9-8-10-22(26)3)23(4)29(33)30-27-12-6-5-7-13-27/h8-11,14-15,17-18,21,23,27H,5-7,12-13,16,19-20H2,1-4H3,(H,30,33)/t23-/m1/s1. The summed E-state index contributed by atoms with van der Waals surface area (Å²) in [6.45, 7) is 8.74. The Morgan fingerprint density at radius 2 is 1.64 bits per heavy atom. The van der Waals surface area contributed by atoms with Crippen molar-refractivity contribution in [1.82, 2.24) is 10.2 Å². The molecule has 0 saturated heterocycles. The van der Waals surface area contributed by atoms with Crippen LogP contribution >= 0.6 is 0 Å². The Labute approximate surface area is 199 Å². The second-order valence-corrected chi connectivity index (χ2v) is 9.86. The van der Waals surface area contributed by atoms with Gasteiger partial charge in [0.2, 0.25) is 11.8 Å². The highest BCUT2D eigenvalue weighted by Gasteiger charge is 2.28. The second kappa shape index (κ2) is 12.0. The van der Waals surface area contributed by atoms with Gasteiger partial charge in [-0.2, -0.15) is 0 Å². The molecule has 4 nitrogen and oxygen atoms in total. The summed E-state index contributed by atoms with van der Waals surface area (Å²) < 4.78 is 0. The van der Waals surface area contributed by atoms with Crippen LogP contribution < -0.4 is 5.32 Å². The van der Waals surface area contributed by atoms with Crippen molar-refractivity contribution in [1.29, 1.82) is 0 Å². The molecule has 33 heavy (non-hydrogen) atoms. The van der Waals surface area contributed by atoms with Gasteiger partial charge in [-0.05, 0) is 61.3 Å². The molecule has 1 N–H and O–H groups in total. The van der Waals surface area contributed by atoms with E-state index in [1.54, 1.807) is 4.90 Å². The average molecular weight is 449 g/mol. The summed E-state index contributed by atoms with van der Waals surface area (Å²) >= 11 is 0. The molecule has 1 fully saturated rings. The highest BCUT2D eigenvalue weighted by Crippen LogP contribution is 2.20. The van der Waals surface area contributed by atoms with Gasteiger partial charge < -0.3 is 10.2 Å². The molecule has 2 aromatic carbocycles. The first-order valence-electron chi connectivity index (χ1n) is 12.6. The molecule has 1 aliphatic carbocycles. The molecule has 1 aliphatic rings. The van der Waals surface area contributed by atoms with Gasteiger partial charge in [0.05, 0.1) is 0 Å². The fourth-order valence-electron chi connectivity index (χ4n) is 4.59. The predicted octanol–water partition coefficient (Wildman–Crippen LogP) is 5.92. The number of nitrogens with one attached hydrogen (secondary N) is 1. The lowest BCUT2D eigenvalue weighted by Crippen LogP contribution is -2.50. The monoisotopic (exact) mass is 448 g/mol. The van der Waals surface area contributed by atoms with E-state index in [1.165, 1.54) is 24.8 Å². The zero-order valence-electron chi connectivity index (χ0n) is 20.8. The maximum Gasteiger partial charge on any atom is 0.242 e. The van der Waals surface area contributed by atoms with Gasteiger partial charge in [-0.3, -0.25) is 9.59 Å². The van der Waals surface area contributed by atoms with E-state index < -0.39 is 6.04 Å². The molecule has 1 atom stereocenters. The van der Waals surface area contributed by atoms with Crippen LogP contribution in [-0.2, 0) is 22.6 Å². The number of aryl methyl sites for hydroxylation is 2. The molecule has 4 heteroatoms. The number of hydrogen-bond donors (Lipinski definition) is 1. The number of benzene rings is 2. The van der Waals surface area contributed by atoms with E-state index in [9.17, 15) is 9.59 Å². The first-order valence-corrected chi connectivity index (χ1v) is 12.6. The third-order valence-electron chi connectivity index (χ3n) is 6.99. The van der Waals surface area contributed by atoms with Crippen LogP contribution in [0.25, 0.3) is 0 Å². The number of hydrogen-bond acceptors (Lipinski definition) is 2. The maximum absolute atomic E-state index is 13.4. The Morgan fingerprint density at radius 3 is 2.27 bits per heavy atom. The van der Waals surface area contributed by atoms with E-state index in [0.29, 0.717) is 25.3 Å². The van der Waals surface area contributed by atoms with Gasteiger partial charge in [-0.15, -0.1) is 0 Å². The molecule has 178 valence electrons. The zero-order chi connectivity index (χ0) is 23.8. The average Bonchev–Trinajstić information content (AvgIpc) is 2.82. The van der Waals surface area contributed by atoms with Gasteiger partial charge in [0, 0.05) is 19.0 Å². The second-order valence-electron chi connectivity index (χ2n) is 9.86. The molecule has 0 aromatic heterocycles. The Morgan fingerprint density at radius 1 is 0.970 bits per heavy atom. The van der Waals surface area contributed by atoms with Crippen LogP contribution in [0.3, 0.4) is 0 Å². The number of nitrogens with zero attached hydrogens (tertiary/aromatic N) is 1. The summed E-state index contributed by atoms with van der Waals surface area (Å²) in [5, 5.41) is 3.21. The van der Waals surface area contributed by atoms with Crippen molar-refractivity contribution in [3.05, 3.63) is 70.8 Å². The Balaban J connectivity index is 1.70. The van der Waals surface area contributed by atoms with Crippen LogP contribution in [0, 0.1) is 6.92 Å². The third-order valence-corrected chi connectivity index (χ3v) is 6.99. The Kier molecular flexibility index (Phi) is 9.11. The molecule has 2 aromatic rings. The Hall–Kier alpha value is -2.62. The summed E-state index contributed by atoms with van der Waals surface area (Å²) in [5.74, 6) is 0.483. The largest absolute Gasteiger partial charge is 0.352 e. The van der Waals surface area contributed by atoms with Crippen LogP contribution in [0.5, 0.6) is 0 Å². The van der Waals surface area contributed by atoms with Crippen molar-refractivity contribution in [3.8, 4) is 0 Å². The smallest absolute Gasteiger partial charge is 0.242 e. The van der Waals surface area contributed by atoms with E-state index >= 15 is 0 Å². The topological polar surface area (TPSA) is 49.4 Å². The van der Waals surface area contributed by atoms with Gasteiger partial charge in [-0.25, -0.2) is 0 Å². The number of amides is 2. The lowest BCUT2D eigenvalue weighted by atomic mass is 9.95. The van der Waals surface area contributed by atoms with Gasteiger partial charge in [0.25, 0.3) is 0 Å². The van der Waals surface area contributed by atoms with Gasteiger partial charge in [0.1, 0.15) is 6.04 Å². The first-order chi connectivity index (χ1) is 15.8. The van der Waals surface area contributed by atoms with Crippen molar-refractivity contribution in [2.45, 2.75) is 97.2 Å². The highest BCUT2D eigenvalue weighted by molar-refractivity contribution is 5.87. The van der Waals surface area contributed by atoms with E-state index in [1.807, 2.05) is 25.1 Å². The predicted molar refractivity (Wildman–Crippen MR) is 135 cm³/mol. The highest BCUT2D eigenvalue weighted by atomic mass is 16.2. The van der Waals surface area contributed by atoms with Gasteiger partial charge in [-0.1, -0.05) is 81.6 Å². The van der Waals surface area contributed by atoms with Gasteiger partial charge >= 0.3 is 0 Å². The fraction of sp³-hybridized carbons (Fsp3) is 0.517. The maximum atomic E-state index is 13.4. The Bertz CT molecular complexity index is 913. The summed E-state index contributed by atoms with van der Waals surface area (Å²) in [6, 6.07) is 16.4. The van der Waals surface area contributed by atoms with Crippen molar-refractivity contribution >= 4 is 11.8 Å². The van der Waals surface area contributed by atoms with E-state index in [4.69, 9.17) is 0 Å². The first kappa shape index (κ1) is 25.0. The van der Waals surface area contributed by atoms with Crippen molar-refractivity contribution < 1.29 is 9.59 Å². The SMILES string of the molecule is Cc1ccccc1CN(C(=O)CCc1ccc(C(C)C)cc1)[C@H](C)C(=O)NC1CCCCC1. The lowest BCUT2D eigenvalue weighted by molar-refractivity contribution is -0.141. The molecule has 0 heterocycles. The minimum atomic E-state index is -0.498. The van der Waals surface area contributed by atoms with Crippen LogP contribution in [0.1, 0.15) is 87.5 Å². The molecule has 2 amide bonds. The number of rotatable bonds is 9. The van der Waals surface area contributed by atoms with Crippen molar-refractivity contribution in [3.63, 3.8) is 0 Å². The van der Waals surface area contributed by atoms with Gasteiger partial charge in [0.15, 0.2) is 0 Å². The minimum absolute atomic E-state index is 0.0254. The van der Waals surface area contributed by atoms with Crippen molar-refractivity contribution in [2.75, 3.05) is 0 Å². The minimum Gasteiger partial charge on any atom is -0.352 e. The van der Waals surface area contributed by atoms with Crippen LogP contribution in [0.4, 0.5) is 0 Å². The summed E-state index contributed by atoms with van der Waals surface area (Å²) in [7, 11) is 0. The molecule has 0 spiro atoms. The van der Waals surface area contributed by atoms with E-state index in [2.05, 4.69) is 56.4 Å². The molecule has 0 aliphatic heterocycles. The fourth-order valence-corrected chi connectivity index (χ4v) is 4.59. The quantitative estimate of drug-likeness (QED) is 0.518. The van der Waals surface area contributed by atoms with E-state index in [-0.39, 0.29) is 17.9 Å². The summed E-state index contributed by atoms with van der Waals surface area (Å²) in [5.41, 5.74) is 4.69. The molecule has 0 unspecified atom stereocenters. The summed E-state index contributed by atoms with van der Waals surface area (Å²) in [4.78, 5) is 28.3. The normalized spacial score (nSPS) is 15.3. The zero-order valence-corrected chi connectivity index (χ0v) is 20.8. The molecule has 0 bridgehead atoms. The molecule has 3 rings (SSSR count). The molecule has 1 saturated carbocycles. The van der Waals surface area contributed by atoms with Crippen LogP contribution in [-0.4, -0.2) is 28.8 Å². The number of carbonyl (C=O) groups excluding carboxylic acids is 2. The summed E-state index contributed by atoms with van der Waals surface area (Å²) in [6.07, 6.45) is 6.74. The molecular weight excluding hydrogens is 408 g/mol.